The second-order valence-electron chi connectivity index (χ2n) is 7.73. The Morgan fingerprint density at radius 3 is 2.61 bits per heavy atom. The van der Waals surface area contributed by atoms with Gasteiger partial charge in [0.05, 0.1) is 19.3 Å². The summed E-state index contributed by atoms with van der Waals surface area (Å²) < 4.78 is 5.33. The highest BCUT2D eigenvalue weighted by Crippen LogP contribution is 2.26. The van der Waals surface area contributed by atoms with Crippen molar-refractivity contribution in [3.8, 4) is 0 Å². The van der Waals surface area contributed by atoms with Crippen LogP contribution in [0.5, 0.6) is 0 Å². The van der Waals surface area contributed by atoms with Crippen molar-refractivity contribution in [2.45, 2.75) is 51.5 Å². The molecular weight excluding hydrogens is 354 g/mol. The van der Waals surface area contributed by atoms with Crippen molar-refractivity contribution in [3.63, 3.8) is 0 Å². The van der Waals surface area contributed by atoms with Gasteiger partial charge in [-0.2, -0.15) is 0 Å². The van der Waals surface area contributed by atoms with Crippen molar-refractivity contribution < 1.29 is 14.3 Å². The molecule has 6 heteroatoms. The predicted octanol–water partition coefficient (Wildman–Crippen LogP) is 1.97. The van der Waals surface area contributed by atoms with E-state index in [1.807, 2.05) is 6.92 Å². The highest BCUT2D eigenvalue weighted by atomic mass is 16.5. The molecule has 0 radical (unpaired) electrons. The molecule has 0 bridgehead atoms. The fourth-order valence-corrected chi connectivity index (χ4v) is 4.02. The summed E-state index contributed by atoms with van der Waals surface area (Å²) in [6, 6.07) is 6.37. The molecule has 1 aromatic carbocycles. The van der Waals surface area contributed by atoms with E-state index in [9.17, 15) is 9.59 Å². The topological polar surface area (TPSA) is 70.7 Å². The lowest BCUT2D eigenvalue weighted by Crippen LogP contribution is -2.43. The lowest BCUT2D eigenvalue weighted by atomic mass is 9.89. The molecule has 1 aliphatic heterocycles. The summed E-state index contributed by atoms with van der Waals surface area (Å²) in [4.78, 5) is 26.8. The Bertz CT molecular complexity index is 671. The van der Waals surface area contributed by atoms with Crippen LogP contribution in [-0.4, -0.2) is 56.1 Å². The van der Waals surface area contributed by atoms with Crippen LogP contribution in [0.4, 0.5) is 0 Å². The Balaban J connectivity index is 1.44. The van der Waals surface area contributed by atoms with Gasteiger partial charge in [0.15, 0.2) is 0 Å². The van der Waals surface area contributed by atoms with Gasteiger partial charge in [0, 0.05) is 19.6 Å². The summed E-state index contributed by atoms with van der Waals surface area (Å²) in [6.07, 6.45) is 6.33. The number of carbonyl (C=O) groups is 2. The number of amides is 2. The van der Waals surface area contributed by atoms with Crippen LogP contribution in [-0.2, 0) is 27.2 Å². The molecular formula is C22H33N3O3. The molecule has 2 aliphatic rings. The molecule has 6 nitrogen and oxygen atoms in total. The molecule has 1 aromatic rings. The van der Waals surface area contributed by atoms with E-state index < -0.39 is 11.8 Å². The third-order valence-electron chi connectivity index (χ3n) is 5.74. The molecule has 0 aromatic heterocycles. The molecule has 2 amide bonds. The number of aryl methyl sites for hydroxylation is 2. The molecule has 154 valence electrons. The van der Waals surface area contributed by atoms with E-state index in [1.165, 1.54) is 24.0 Å². The maximum absolute atomic E-state index is 12.3. The fraction of sp³-hybridized carbons (Fsp3) is 0.636. The van der Waals surface area contributed by atoms with Crippen molar-refractivity contribution in [2.75, 3.05) is 39.4 Å². The Morgan fingerprint density at radius 2 is 1.86 bits per heavy atom. The average Bonchev–Trinajstić information content (AvgIpc) is 2.75. The van der Waals surface area contributed by atoms with E-state index >= 15 is 0 Å². The number of nitrogens with one attached hydrogen (secondary N) is 2. The number of benzene rings is 1. The van der Waals surface area contributed by atoms with E-state index in [4.69, 9.17) is 4.74 Å². The molecule has 3 rings (SSSR count). The summed E-state index contributed by atoms with van der Waals surface area (Å²) in [5.41, 5.74) is 3.91. The Morgan fingerprint density at radius 1 is 1.11 bits per heavy atom. The van der Waals surface area contributed by atoms with Gasteiger partial charge in [0.1, 0.15) is 0 Å². The van der Waals surface area contributed by atoms with Gasteiger partial charge in [0.2, 0.25) is 0 Å². The zero-order chi connectivity index (χ0) is 19.8. The van der Waals surface area contributed by atoms with Gasteiger partial charge < -0.3 is 15.4 Å². The zero-order valence-corrected chi connectivity index (χ0v) is 17.0. The van der Waals surface area contributed by atoms with Crippen LogP contribution in [0.1, 0.15) is 55.3 Å². The second-order valence-corrected chi connectivity index (χ2v) is 7.73. The van der Waals surface area contributed by atoms with Crippen LogP contribution in [0.25, 0.3) is 0 Å². The molecule has 0 spiro atoms. The highest BCUT2D eigenvalue weighted by Gasteiger charge is 2.20. The minimum atomic E-state index is -0.545. The zero-order valence-electron chi connectivity index (χ0n) is 17.0. The lowest BCUT2D eigenvalue weighted by molar-refractivity contribution is -0.139. The number of fused-ring (bicyclic) bond motifs is 1. The van der Waals surface area contributed by atoms with Crippen LogP contribution in [0, 0.1) is 0 Å². The summed E-state index contributed by atoms with van der Waals surface area (Å²) in [5.74, 6) is -1.09. The minimum Gasteiger partial charge on any atom is -0.379 e. The Hall–Kier alpha value is -1.92. The quantitative estimate of drug-likeness (QED) is 0.554. The largest absolute Gasteiger partial charge is 0.379 e. The maximum atomic E-state index is 12.3. The van der Waals surface area contributed by atoms with Crippen molar-refractivity contribution in [1.29, 1.82) is 0 Å². The summed E-state index contributed by atoms with van der Waals surface area (Å²) >= 11 is 0. The smallest absolute Gasteiger partial charge is 0.309 e. The summed E-state index contributed by atoms with van der Waals surface area (Å²) in [6.45, 7) is 6.88. The van der Waals surface area contributed by atoms with Crippen molar-refractivity contribution in [3.05, 3.63) is 34.9 Å². The summed E-state index contributed by atoms with van der Waals surface area (Å²) in [7, 11) is 0. The van der Waals surface area contributed by atoms with Crippen molar-refractivity contribution in [2.24, 2.45) is 0 Å². The number of carbonyl (C=O) groups excluding carboxylic acids is 2. The minimum absolute atomic E-state index is 0.126. The van der Waals surface area contributed by atoms with Gasteiger partial charge in [-0.25, -0.2) is 0 Å². The molecule has 2 N–H and O–H groups in total. The standard InChI is InChI=1S/C22H33N3O3/c1-2-20(19-9-8-17-6-3-4-7-18(17)16-19)24-22(27)21(26)23-10-5-11-25-12-14-28-15-13-25/h8-9,16,20H,2-7,10-15H2,1H3,(H,23,26)(H,24,27). The van der Waals surface area contributed by atoms with E-state index in [-0.39, 0.29) is 6.04 Å². The first-order valence-corrected chi connectivity index (χ1v) is 10.7. The molecule has 28 heavy (non-hydrogen) atoms. The molecule has 1 fully saturated rings. The first kappa shape index (κ1) is 20.8. The van der Waals surface area contributed by atoms with E-state index in [2.05, 4.69) is 33.7 Å². The van der Waals surface area contributed by atoms with Gasteiger partial charge >= 0.3 is 11.8 Å². The molecule has 1 saturated heterocycles. The maximum Gasteiger partial charge on any atom is 0.309 e. The second kappa shape index (κ2) is 10.6. The van der Waals surface area contributed by atoms with Gasteiger partial charge in [0.25, 0.3) is 0 Å². The number of morpholine rings is 1. The number of hydrogen-bond donors (Lipinski definition) is 2. The molecule has 0 saturated carbocycles. The predicted molar refractivity (Wildman–Crippen MR) is 109 cm³/mol. The Labute approximate surface area is 168 Å². The number of nitrogens with zero attached hydrogens (tertiary/aromatic N) is 1. The SMILES string of the molecule is CCC(NC(=O)C(=O)NCCCN1CCOCC1)c1ccc2c(c1)CCCC2. The highest BCUT2D eigenvalue weighted by molar-refractivity contribution is 6.35. The van der Waals surface area contributed by atoms with Gasteiger partial charge in [-0.3, -0.25) is 14.5 Å². The van der Waals surface area contributed by atoms with Crippen LogP contribution in [0.3, 0.4) is 0 Å². The monoisotopic (exact) mass is 387 g/mol. The van der Waals surface area contributed by atoms with E-state index in [0.717, 1.165) is 64.1 Å². The number of hydrogen-bond acceptors (Lipinski definition) is 4. The lowest BCUT2D eigenvalue weighted by Gasteiger charge is -2.26. The fourth-order valence-electron chi connectivity index (χ4n) is 4.02. The third-order valence-corrected chi connectivity index (χ3v) is 5.74. The van der Waals surface area contributed by atoms with E-state index in [1.54, 1.807) is 0 Å². The third kappa shape index (κ3) is 5.79. The van der Waals surface area contributed by atoms with Crippen LogP contribution >= 0.6 is 0 Å². The number of ether oxygens (including phenoxy) is 1. The van der Waals surface area contributed by atoms with Gasteiger partial charge in [-0.15, -0.1) is 0 Å². The van der Waals surface area contributed by atoms with Crippen molar-refractivity contribution >= 4 is 11.8 Å². The normalized spacial score (nSPS) is 18.2. The van der Waals surface area contributed by atoms with Gasteiger partial charge in [-0.05, 0) is 61.8 Å². The van der Waals surface area contributed by atoms with Crippen molar-refractivity contribution in [1.82, 2.24) is 15.5 Å². The average molecular weight is 388 g/mol. The van der Waals surface area contributed by atoms with Gasteiger partial charge in [-0.1, -0.05) is 25.1 Å². The first-order chi connectivity index (χ1) is 13.7. The molecule has 1 atom stereocenters. The Kier molecular flexibility index (Phi) is 7.86. The van der Waals surface area contributed by atoms with Crippen LogP contribution in [0.15, 0.2) is 18.2 Å². The van der Waals surface area contributed by atoms with Crippen LogP contribution < -0.4 is 10.6 Å². The molecule has 1 aliphatic carbocycles. The van der Waals surface area contributed by atoms with E-state index in [0.29, 0.717) is 6.54 Å². The van der Waals surface area contributed by atoms with Crippen LogP contribution in [0.2, 0.25) is 0 Å². The molecule has 1 unspecified atom stereocenters. The number of rotatable bonds is 7. The summed E-state index contributed by atoms with van der Waals surface area (Å²) in [5, 5.41) is 5.65. The first-order valence-electron chi connectivity index (χ1n) is 10.7. The molecule has 1 heterocycles.